The standard InChI is InChI=1S/C15H17N3O2S/c1-4-20-14(19)13-10-21-15(18(13)3)17-16-9-12-7-5-6-11(2)8-12/h5-10H,4H2,1-3H3/b16-9-,17-15+. The van der Waals surface area contributed by atoms with Gasteiger partial charge < -0.3 is 9.30 Å². The van der Waals surface area contributed by atoms with Gasteiger partial charge in [-0.3, -0.25) is 0 Å². The quantitative estimate of drug-likeness (QED) is 0.495. The normalized spacial score (nSPS) is 12.0. The van der Waals surface area contributed by atoms with Gasteiger partial charge in [0.2, 0.25) is 4.80 Å². The first-order valence-corrected chi connectivity index (χ1v) is 7.45. The van der Waals surface area contributed by atoms with E-state index in [2.05, 4.69) is 10.2 Å². The number of carbonyl (C=O) groups excluding carboxylic acids is 1. The lowest BCUT2D eigenvalue weighted by Gasteiger charge is -2.01. The second-order valence-corrected chi connectivity index (χ2v) is 5.28. The van der Waals surface area contributed by atoms with Crippen LogP contribution in [0.5, 0.6) is 0 Å². The molecule has 1 aromatic carbocycles. The number of aryl methyl sites for hydroxylation is 1. The first-order chi connectivity index (χ1) is 10.1. The Labute approximate surface area is 127 Å². The molecule has 0 saturated carbocycles. The number of ether oxygens (including phenoxy) is 1. The van der Waals surface area contributed by atoms with Crippen LogP contribution in [-0.4, -0.2) is 23.4 Å². The SMILES string of the molecule is CCOC(=O)c1cs/c(=N/N=C\c2cccc(C)c2)n1C. The van der Waals surface area contributed by atoms with E-state index in [-0.39, 0.29) is 5.97 Å². The van der Waals surface area contributed by atoms with Crippen LogP contribution in [0, 0.1) is 6.92 Å². The minimum Gasteiger partial charge on any atom is -0.461 e. The molecule has 0 bridgehead atoms. The van der Waals surface area contributed by atoms with Gasteiger partial charge in [0.1, 0.15) is 5.69 Å². The molecule has 110 valence electrons. The summed E-state index contributed by atoms with van der Waals surface area (Å²) in [5.74, 6) is -0.347. The van der Waals surface area contributed by atoms with Gasteiger partial charge >= 0.3 is 5.97 Å². The molecule has 0 aliphatic rings. The fraction of sp³-hybridized carbons (Fsp3) is 0.267. The molecule has 5 nitrogen and oxygen atoms in total. The Kier molecular flexibility index (Phi) is 5.05. The zero-order chi connectivity index (χ0) is 15.2. The van der Waals surface area contributed by atoms with Crippen LogP contribution in [-0.2, 0) is 11.8 Å². The van der Waals surface area contributed by atoms with Crippen LogP contribution in [0.25, 0.3) is 0 Å². The minimum atomic E-state index is -0.347. The van der Waals surface area contributed by atoms with E-state index in [1.54, 1.807) is 30.1 Å². The zero-order valence-corrected chi connectivity index (χ0v) is 13.1. The van der Waals surface area contributed by atoms with Crippen LogP contribution < -0.4 is 4.80 Å². The van der Waals surface area contributed by atoms with Crippen molar-refractivity contribution in [2.24, 2.45) is 17.3 Å². The van der Waals surface area contributed by atoms with Gasteiger partial charge in [-0.2, -0.15) is 5.10 Å². The molecule has 0 radical (unpaired) electrons. The van der Waals surface area contributed by atoms with Gasteiger partial charge in [-0.15, -0.1) is 16.4 Å². The van der Waals surface area contributed by atoms with Crippen molar-refractivity contribution in [2.75, 3.05) is 6.61 Å². The van der Waals surface area contributed by atoms with Gasteiger partial charge in [0.25, 0.3) is 0 Å². The van der Waals surface area contributed by atoms with E-state index in [4.69, 9.17) is 4.74 Å². The Morgan fingerprint density at radius 1 is 1.48 bits per heavy atom. The largest absolute Gasteiger partial charge is 0.461 e. The Morgan fingerprint density at radius 3 is 3.00 bits per heavy atom. The molecule has 0 atom stereocenters. The van der Waals surface area contributed by atoms with Crippen molar-refractivity contribution >= 4 is 23.5 Å². The van der Waals surface area contributed by atoms with Gasteiger partial charge in [-0.1, -0.05) is 29.8 Å². The van der Waals surface area contributed by atoms with Crippen LogP contribution in [0.15, 0.2) is 39.8 Å². The summed E-state index contributed by atoms with van der Waals surface area (Å²) < 4.78 is 6.65. The maximum Gasteiger partial charge on any atom is 0.355 e. The van der Waals surface area contributed by atoms with E-state index >= 15 is 0 Å². The molecule has 2 aromatic rings. The van der Waals surface area contributed by atoms with E-state index in [0.717, 1.165) is 5.56 Å². The number of rotatable bonds is 4. The number of hydrogen-bond donors (Lipinski definition) is 0. The van der Waals surface area contributed by atoms with Gasteiger partial charge in [0.15, 0.2) is 0 Å². The fourth-order valence-corrected chi connectivity index (χ4v) is 2.57. The van der Waals surface area contributed by atoms with Crippen LogP contribution in [0.2, 0.25) is 0 Å². The zero-order valence-electron chi connectivity index (χ0n) is 12.2. The fourth-order valence-electron chi connectivity index (χ4n) is 1.75. The summed E-state index contributed by atoms with van der Waals surface area (Å²) in [6.45, 7) is 4.16. The molecule has 0 saturated heterocycles. The third-order valence-corrected chi connectivity index (χ3v) is 3.71. The molecular formula is C15H17N3O2S. The molecule has 1 aromatic heterocycles. The Morgan fingerprint density at radius 2 is 2.29 bits per heavy atom. The highest BCUT2D eigenvalue weighted by atomic mass is 32.1. The number of nitrogens with zero attached hydrogens (tertiary/aromatic N) is 3. The molecule has 1 heterocycles. The minimum absolute atomic E-state index is 0.347. The Hall–Kier alpha value is -2.21. The van der Waals surface area contributed by atoms with Gasteiger partial charge in [-0.25, -0.2) is 4.79 Å². The number of thiazole rings is 1. The van der Waals surface area contributed by atoms with Crippen molar-refractivity contribution in [1.29, 1.82) is 0 Å². The number of benzene rings is 1. The van der Waals surface area contributed by atoms with Crippen LogP contribution in [0.3, 0.4) is 0 Å². The van der Waals surface area contributed by atoms with Crippen molar-refractivity contribution in [3.05, 3.63) is 51.3 Å². The molecule has 0 fully saturated rings. The molecule has 21 heavy (non-hydrogen) atoms. The lowest BCUT2D eigenvalue weighted by molar-refractivity contribution is 0.0515. The number of hydrogen-bond acceptors (Lipinski definition) is 5. The number of carbonyl (C=O) groups is 1. The van der Waals surface area contributed by atoms with Crippen LogP contribution >= 0.6 is 11.3 Å². The van der Waals surface area contributed by atoms with Crippen molar-refractivity contribution < 1.29 is 9.53 Å². The summed E-state index contributed by atoms with van der Waals surface area (Å²) in [4.78, 5) is 12.3. The van der Waals surface area contributed by atoms with Gasteiger partial charge in [-0.05, 0) is 19.4 Å². The summed E-state index contributed by atoms with van der Waals surface area (Å²) in [6.07, 6.45) is 1.69. The Balaban J connectivity index is 2.21. The predicted molar refractivity (Wildman–Crippen MR) is 83.6 cm³/mol. The Bertz CT molecular complexity index is 729. The van der Waals surface area contributed by atoms with E-state index in [0.29, 0.717) is 17.1 Å². The number of esters is 1. The molecular weight excluding hydrogens is 286 g/mol. The summed E-state index contributed by atoms with van der Waals surface area (Å²) in [5, 5.41) is 9.93. The van der Waals surface area contributed by atoms with Crippen LogP contribution in [0.1, 0.15) is 28.5 Å². The molecule has 0 amide bonds. The van der Waals surface area contributed by atoms with Gasteiger partial charge in [0, 0.05) is 12.4 Å². The van der Waals surface area contributed by atoms with Crippen molar-refractivity contribution in [2.45, 2.75) is 13.8 Å². The van der Waals surface area contributed by atoms with Crippen LogP contribution in [0.4, 0.5) is 0 Å². The first kappa shape index (κ1) is 15.2. The van der Waals surface area contributed by atoms with Crippen molar-refractivity contribution in [3.63, 3.8) is 0 Å². The van der Waals surface area contributed by atoms with Gasteiger partial charge in [0.05, 0.1) is 12.8 Å². The molecule has 6 heteroatoms. The summed E-state index contributed by atoms with van der Waals surface area (Å²) in [6, 6.07) is 7.99. The van der Waals surface area contributed by atoms with E-state index in [1.807, 2.05) is 31.2 Å². The maximum absolute atomic E-state index is 11.7. The molecule has 2 rings (SSSR count). The van der Waals surface area contributed by atoms with E-state index in [1.165, 1.54) is 16.9 Å². The molecule has 0 unspecified atom stereocenters. The lowest BCUT2D eigenvalue weighted by atomic mass is 10.2. The first-order valence-electron chi connectivity index (χ1n) is 6.57. The molecule has 0 aliphatic heterocycles. The second-order valence-electron chi connectivity index (χ2n) is 4.44. The highest BCUT2D eigenvalue weighted by Crippen LogP contribution is 2.03. The highest BCUT2D eigenvalue weighted by molar-refractivity contribution is 7.07. The van der Waals surface area contributed by atoms with Crippen molar-refractivity contribution in [1.82, 2.24) is 4.57 Å². The lowest BCUT2D eigenvalue weighted by Crippen LogP contribution is -2.17. The molecule has 0 N–H and O–H groups in total. The number of aromatic nitrogens is 1. The maximum atomic E-state index is 11.7. The molecule has 0 spiro atoms. The summed E-state index contributed by atoms with van der Waals surface area (Å²) >= 11 is 1.35. The predicted octanol–water partition coefficient (Wildman–Crippen LogP) is 2.51. The summed E-state index contributed by atoms with van der Waals surface area (Å²) in [7, 11) is 1.77. The highest BCUT2D eigenvalue weighted by Gasteiger charge is 2.11. The third kappa shape index (κ3) is 3.88. The monoisotopic (exact) mass is 303 g/mol. The summed E-state index contributed by atoms with van der Waals surface area (Å²) in [5.41, 5.74) is 2.64. The van der Waals surface area contributed by atoms with E-state index < -0.39 is 0 Å². The van der Waals surface area contributed by atoms with Crippen molar-refractivity contribution in [3.8, 4) is 0 Å². The third-order valence-electron chi connectivity index (χ3n) is 2.80. The average Bonchev–Trinajstić information content (AvgIpc) is 2.81. The molecule has 0 aliphatic carbocycles. The smallest absolute Gasteiger partial charge is 0.355 e. The second kappa shape index (κ2) is 6.99. The topological polar surface area (TPSA) is 55.9 Å². The average molecular weight is 303 g/mol. The van der Waals surface area contributed by atoms with E-state index in [9.17, 15) is 4.79 Å².